The number of hydrogen-bond donors (Lipinski definition) is 1. The normalized spacial score (nSPS) is 12.0. The van der Waals surface area contributed by atoms with Crippen molar-refractivity contribution in [1.29, 1.82) is 0 Å². The summed E-state index contributed by atoms with van der Waals surface area (Å²) in [6.45, 7) is 6.32. The number of thioether (sulfide) groups is 1. The van der Waals surface area contributed by atoms with Gasteiger partial charge in [0.15, 0.2) is 11.0 Å². The Hall–Kier alpha value is -3.45. The van der Waals surface area contributed by atoms with Gasteiger partial charge in [-0.1, -0.05) is 75.0 Å². The Kier molecular flexibility index (Phi) is 4.86. The fourth-order valence-corrected chi connectivity index (χ4v) is 4.61. The quantitative estimate of drug-likeness (QED) is 0.335. The highest BCUT2D eigenvalue weighted by atomic mass is 32.2. The second kappa shape index (κ2) is 7.60. The summed E-state index contributed by atoms with van der Waals surface area (Å²) in [5.41, 5.74) is 9.58. The summed E-state index contributed by atoms with van der Waals surface area (Å²) in [4.78, 5) is 13.6. The maximum absolute atomic E-state index is 15.9. The molecule has 0 aliphatic carbocycles. The predicted octanol–water partition coefficient (Wildman–Crippen LogP) is 6.22. The molecule has 3 heterocycles. The van der Waals surface area contributed by atoms with Crippen LogP contribution in [0.4, 0.5) is 10.2 Å². The van der Waals surface area contributed by atoms with Gasteiger partial charge in [-0.3, -0.25) is 4.40 Å². The van der Waals surface area contributed by atoms with Crippen molar-refractivity contribution in [1.82, 2.24) is 19.4 Å². The van der Waals surface area contributed by atoms with Gasteiger partial charge in [0, 0.05) is 33.7 Å². The van der Waals surface area contributed by atoms with E-state index in [-0.39, 0.29) is 4.75 Å². The van der Waals surface area contributed by atoms with Gasteiger partial charge in [-0.05, 0) is 12.1 Å². The molecule has 0 fully saturated rings. The van der Waals surface area contributed by atoms with Gasteiger partial charge in [0.2, 0.25) is 0 Å². The van der Waals surface area contributed by atoms with Gasteiger partial charge < -0.3 is 5.73 Å². The van der Waals surface area contributed by atoms with Crippen LogP contribution >= 0.6 is 11.8 Å². The highest BCUT2D eigenvalue weighted by Crippen LogP contribution is 2.38. The van der Waals surface area contributed by atoms with Crippen molar-refractivity contribution in [2.24, 2.45) is 0 Å². The Balaban J connectivity index is 1.74. The van der Waals surface area contributed by atoms with Crippen molar-refractivity contribution in [2.45, 2.75) is 30.7 Å². The summed E-state index contributed by atoms with van der Waals surface area (Å²) in [5.74, 6) is -0.114. The molecule has 0 bridgehead atoms. The summed E-state index contributed by atoms with van der Waals surface area (Å²) in [5, 5.41) is 1.46. The molecule has 0 spiro atoms. The smallest absolute Gasteiger partial charge is 0.173 e. The van der Waals surface area contributed by atoms with Gasteiger partial charge in [0.25, 0.3) is 0 Å². The molecule has 0 saturated carbocycles. The second-order valence-electron chi connectivity index (χ2n) is 8.55. The van der Waals surface area contributed by atoms with Crippen LogP contribution in [0.5, 0.6) is 0 Å². The number of benzene rings is 2. The largest absolute Gasteiger partial charge is 0.382 e. The lowest BCUT2D eigenvalue weighted by Crippen LogP contribution is -2.08. The van der Waals surface area contributed by atoms with E-state index in [9.17, 15) is 0 Å². The van der Waals surface area contributed by atoms with Gasteiger partial charge >= 0.3 is 0 Å². The molecule has 0 amide bonds. The van der Waals surface area contributed by atoms with E-state index in [4.69, 9.17) is 10.7 Å². The van der Waals surface area contributed by atoms with Gasteiger partial charge in [0.05, 0.1) is 5.69 Å². The Labute approximate surface area is 189 Å². The minimum absolute atomic E-state index is 0.0787. The lowest BCUT2D eigenvalue weighted by atomic mass is 10.0. The molecule has 2 N–H and O–H groups in total. The van der Waals surface area contributed by atoms with Crippen molar-refractivity contribution in [3.63, 3.8) is 0 Å². The fourth-order valence-electron chi connectivity index (χ4n) is 3.68. The third-order valence-corrected chi connectivity index (χ3v) is 6.16. The molecule has 0 radical (unpaired) electrons. The molecule has 0 aliphatic heterocycles. The predicted molar refractivity (Wildman–Crippen MR) is 129 cm³/mol. The zero-order chi connectivity index (χ0) is 22.5. The molecule has 2 aromatic carbocycles. The first kappa shape index (κ1) is 20.5. The number of halogens is 1. The van der Waals surface area contributed by atoms with Crippen molar-refractivity contribution >= 4 is 34.0 Å². The first-order valence-corrected chi connectivity index (χ1v) is 11.1. The summed E-state index contributed by atoms with van der Waals surface area (Å²) in [6.07, 6.45) is 3.44. The maximum Gasteiger partial charge on any atom is 0.173 e. The highest BCUT2D eigenvalue weighted by Gasteiger charge is 2.23. The van der Waals surface area contributed by atoms with Crippen molar-refractivity contribution in [3.05, 3.63) is 72.8 Å². The molecule has 160 valence electrons. The number of anilines is 1. The van der Waals surface area contributed by atoms with Crippen LogP contribution in [0.2, 0.25) is 0 Å². The molecule has 0 atom stereocenters. The minimum atomic E-state index is -0.421. The van der Waals surface area contributed by atoms with Crippen LogP contribution in [-0.4, -0.2) is 24.1 Å². The third-order valence-electron chi connectivity index (χ3n) is 5.07. The Bertz CT molecular complexity index is 1450. The van der Waals surface area contributed by atoms with Gasteiger partial charge in [-0.2, -0.15) is 0 Å². The van der Waals surface area contributed by atoms with Crippen LogP contribution in [0.1, 0.15) is 20.8 Å². The molecule has 0 saturated heterocycles. The molecule has 32 heavy (non-hydrogen) atoms. The number of nitrogen functional groups attached to an aromatic ring is 1. The first-order valence-electron chi connectivity index (χ1n) is 10.3. The third kappa shape index (κ3) is 3.58. The molecule has 7 heteroatoms. The zero-order valence-corrected chi connectivity index (χ0v) is 18.8. The van der Waals surface area contributed by atoms with Crippen LogP contribution in [0.3, 0.4) is 0 Å². The van der Waals surface area contributed by atoms with E-state index in [0.29, 0.717) is 33.8 Å². The van der Waals surface area contributed by atoms with Gasteiger partial charge in [-0.15, -0.1) is 0 Å². The number of imidazole rings is 1. The van der Waals surface area contributed by atoms with Crippen LogP contribution in [0, 0.1) is 5.82 Å². The van der Waals surface area contributed by atoms with Gasteiger partial charge in [-0.25, -0.2) is 19.3 Å². The van der Waals surface area contributed by atoms with Crippen molar-refractivity contribution in [2.75, 3.05) is 5.73 Å². The lowest BCUT2D eigenvalue weighted by Gasteiger charge is -2.15. The topological polar surface area (TPSA) is 69.1 Å². The van der Waals surface area contributed by atoms with E-state index in [0.717, 1.165) is 16.1 Å². The van der Waals surface area contributed by atoms with Crippen molar-refractivity contribution < 1.29 is 4.39 Å². The number of hydrogen-bond acceptors (Lipinski definition) is 5. The maximum atomic E-state index is 15.9. The monoisotopic (exact) mass is 443 g/mol. The average molecular weight is 444 g/mol. The molecular formula is C25H22FN5S. The Morgan fingerprint density at radius 2 is 1.72 bits per heavy atom. The zero-order valence-electron chi connectivity index (χ0n) is 18.0. The summed E-state index contributed by atoms with van der Waals surface area (Å²) < 4.78 is 17.7. The highest BCUT2D eigenvalue weighted by molar-refractivity contribution is 8.00. The van der Waals surface area contributed by atoms with Crippen LogP contribution in [-0.2, 0) is 0 Å². The number of nitrogens with two attached hydrogens (primary N) is 1. The summed E-state index contributed by atoms with van der Waals surface area (Å²) in [6, 6.07) is 17.1. The standard InChI is InChI=1S/C25H22FN5S/c1-25(2,3)32-24-30-21(22-23(27)28-13-14-31(22)24)17-11-9-16-10-12-18(29-20(16)19(17)26)15-7-5-4-6-8-15/h4-14H,1-3H3,(H2,27,28). The molecule has 5 aromatic rings. The summed E-state index contributed by atoms with van der Waals surface area (Å²) >= 11 is 1.59. The molecule has 3 aromatic heterocycles. The van der Waals surface area contributed by atoms with Crippen LogP contribution in [0.15, 0.2) is 72.1 Å². The average Bonchev–Trinajstić information content (AvgIpc) is 3.12. The number of pyridine rings is 1. The van der Waals surface area contributed by atoms with E-state index in [1.807, 2.05) is 52.9 Å². The fraction of sp³-hybridized carbons (Fsp3) is 0.160. The number of fused-ring (bicyclic) bond motifs is 2. The number of aromatic nitrogens is 4. The SMILES string of the molecule is CC(C)(C)Sc1nc(-c2ccc3ccc(-c4ccccc4)nc3c2F)c2c(N)nccn12. The molecule has 5 rings (SSSR count). The van der Waals surface area contributed by atoms with E-state index >= 15 is 4.39 Å². The van der Waals surface area contributed by atoms with Crippen LogP contribution in [0.25, 0.3) is 38.9 Å². The Morgan fingerprint density at radius 1 is 0.969 bits per heavy atom. The first-order chi connectivity index (χ1) is 15.3. The number of rotatable bonds is 3. The Morgan fingerprint density at radius 3 is 2.47 bits per heavy atom. The minimum Gasteiger partial charge on any atom is -0.382 e. The molecule has 5 nitrogen and oxygen atoms in total. The summed E-state index contributed by atoms with van der Waals surface area (Å²) in [7, 11) is 0. The lowest BCUT2D eigenvalue weighted by molar-refractivity contribution is 0.640. The van der Waals surface area contributed by atoms with E-state index in [1.165, 1.54) is 0 Å². The van der Waals surface area contributed by atoms with E-state index < -0.39 is 5.82 Å². The van der Waals surface area contributed by atoms with E-state index in [1.54, 1.807) is 30.2 Å². The van der Waals surface area contributed by atoms with Crippen molar-refractivity contribution in [3.8, 4) is 22.5 Å². The molecule has 0 unspecified atom stereocenters. The number of nitrogens with zero attached hydrogens (tertiary/aromatic N) is 4. The molecule has 0 aliphatic rings. The van der Waals surface area contributed by atoms with Gasteiger partial charge in [0.1, 0.15) is 22.5 Å². The second-order valence-corrected chi connectivity index (χ2v) is 10.3. The molecular weight excluding hydrogens is 421 g/mol. The van der Waals surface area contributed by atoms with Crippen LogP contribution < -0.4 is 5.73 Å². The van der Waals surface area contributed by atoms with E-state index in [2.05, 4.69) is 30.7 Å².